The predicted octanol–water partition coefficient (Wildman–Crippen LogP) is 2.86. The summed E-state index contributed by atoms with van der Waals surface area (Å²) in [6, 6.07) is 4.72. The summed E-state index contributed by atoms with van der Waals surface area (Å²) in [5.41, 5.74) is -1.51. The van der Waals surface area contributed by atoms with Crippen molar-refractivity contribution in [1.29, 1.82) is 0 Å². The van der Waals surface area contributed by atoms with Crippen LogP contribution < -0.4 is 0 Å². The number of nitrogens with zero attached hydrogens (tertiary/aromatic N) is 3. The maximum Gasteiger partial charge on any atom is 0.434 e. The third-order valence-electron chi connectivity index (χ3n) is 3.24. The molecule has 1 aliphatic rings. The van der Waals surface area contributed by atoms with Crippen LogP contribution in [0.5, 0.6) is 0 Å². The quantitative estimate of drug-likeness (QED) is 0.946. The first-order valence-corrected chi connectivity index (χ1v) is 6.24. The van der Waals surface area contributed by atoms with Gasteiger partial charge in [0.25, 0.3) is 0 Å². The van der Waals surface area contributed by atoms with Gasteiger partial charge < -0.3 is 5.11 Å². The van der Waals surface area contributed by atoms with Gasteiger partial charge in [-0.2, -0.15) is 18.3 Å². The fraction of sp³-hybridized carbons (Fsp3) is 0.308. The molecule has 0 saturated heterocycles. The van der Waals surface area contributed by atoms with Gasteiger partial charge in [-0.15, -0.1) is 0 Å². The largest absolute Gasteiger partial charge is 0.478 e. The minimum absolute atomic E-state index is 0.0285. The summed E-state index contributed by atoms with van der Waals surface area (Å²) in [4.78, 5) is 15.1. The van der Waals surface area contributed by atoms with E-state index in [-0.39, 0.29) is 11.7 Å². The number of carboxylic acid groups (broad SMARTS) is 1. The van der Waals surface area contributed by atoms with E-state index in [2.05, 4.69) is 10.1 Å². The molecule has 0 aromatic carbocycles. The van der Waals surface area contributed by atoms with Gasteiger partial charge >= 0.3 is 12.1 Å². The van der Waals surface area contributed by atoms with Crippen molar-refractivity contribution in [3.05, 3.63) is 41.3 Å². The Morgan fingerprint density at radius 1 is 1.33 bits per heavy atom. The number of pyridine rings is 1. The van der Waals surface area contributed by atoms with E-state index in [1.807, 2.05) is 0 Å². The Hall–Kier alpha value is -2.38. The van der Waals surface area contributed by atoms with Crippen molar-refractivity contribution in [3.63, 3.8) is 0 Å². The Balaban J connectivity index is 2.14. The van der Waals surface area contributed by atoms with Crippen LogP contribution in [0.25, 0.3) is 5.82 Å². The number of alkyl halides is 3. The van der Waals surface area contributed by atoms with Gasteiger partial charge in [0.2, 0.25) is 0 Å². The molecule has 2 aromatic rings. The molecule has 0 radical (unpaired) electrons. The Morgan fingerprint density at radius 3 is 2.62 bits per heavy atom. The van der Waals surface area contributed by atoms with E-state index in [1.54, 1.807) is 12.1 Å². The van der Waals surface area contributed by atoms with E-state index >= 15 is 0 Å². The van der Waals surface area contributed by atoms with Crippen LogP contribution in [0.2, 0.25) is 0 Å². The van der Waals surface area contributed by atoms with Crippen molar-refractivity contribution in [1.82, 2.24) is 14.8 Å². The lowest BCUT2D eigenvalue weighted by atomic mass is 10.2. The highest BCUT2D eigenvalue weighted by molar-refractivity contribution is 5.89. The Labute approximate surface area is 117 Å². The molecule has 5 nitrogen and oxygen atoms in total. The molecule has 8 heteroatoms. The number of halogens is 3. The maximum atomic E-state index is 13.1. The van der Waals surface area contributed by atoms with Gasteiger partial charge in [0.1, 0.15) is 5.56 Å². The third-order valence-corrected chi connectivity index (χ3v) is 3.24. The van der Waals surface area contributed by atoms with Crippen molar-refractivity contribution in [3.8, 4) is 5.82 Å². The molecule has 2 heterocycles. The van der Waals surface area contributed by atoms with E-state index in [0.717, 1.165) is 12.8 Å². The van der Waals surface area contributed by atoms with Crippen LogP contribution in [0.3, 0.4) is 0 Å². The lowest BCUT2D eigenvalue weighted by Gasteiger charge is -2.11. The second-order valence-electron chi connectivity index (χ2n) is 4.82. The highest BCUT2D eigenvalue weighted by atomic mass is 19.4. The summed E-state index contributed by atoms with van der Waals surface area (Å²) in [5.74, 6) is -1.43. The van der Waals surface area contributed by atoms with Crippen LogP contribution in [-0.2, 0) is 6.18 Å². The lowest BCUT2D eigenvalue weighted by molar-refractivity contribution is -0.143. The van der Waals surface area contributed by atoms with Crippen LogP contribution in [0.4, 0.5) is 13.2 Å². The van der Waals surface area contributed by atoms with E-state index in [0.29, 0.717) is 16.6 Å². The molecule has 110 valence electrons. The Kier molecular flexibility index (Phi) is 2.96. The second-order valence-corrected chi connectivity index (χ2v) is 4.82. The molecule has 0 atom stereocenters. The number of aromatic carboxylic acids is 1. The molecule has 1 saturated carbocycles. The highest BCUT2D eigenvalue weighted by Crippen LogP contribution is 2.39. The summed E-state index contributed by atoms with van der Waals surface area (Å²) in [6.07, 6.45) is -2.22. The number of hydrogen-bond donors (Lipinski definition) is 1. The molecular weight excluding hydrogens is 287 g/mol. The monoisotopic (exact) mass is 297 g/mol. The van der Waals surface area contributed by atoms with E-state index < -0.39 is 23.4 Å². The van der Waals surface area contributed by atoms with Crippen molar-refractivity contribution in [2.45, 2.75) is 24.9 Å². The van der Waals surface area contributed by atoms with Crippen LogP contribution in [0.1, 0.15) is 40.5 Å². The lowest BCUT2D eigenvalue weighted by Crippen LogP contribution is -2.18. The first-order chi connectivity index (χ1) is 9.88. The minimum atomic E-state index is -4.83. The summed E-state index contributed by atoms with van der Waals surface area (Å²) in [7, 11) is 0. The smallest absolute Gasteiger partial charge is 0.434 e. The maximum absolute atomic E-state index is 13.1. The number of hydrogen-bond acceptors (Lipinski definition) is 3. The first-order valence-electron chi connectivity index (χ1n) is 6.24. The fourth-order valence-corrected chi connectivity index (χ4v) is 2.12. The molecular formula is C13H10F3N3O2. The summed E-state index contributed by atoms with van der Waals surface area (Å²) in [5, 5.41) is 12.4. The van der Waals surface area contributed by atoms with Crippen molar-refractivity contribution < 1.29 is 23.1 Å². The number of aromatic nitrogens is 3. The molecule has 1 aliphatic carbocycles. The molecule has 1 N–H and O–H groups in total. The highest BCUT2D eigenvalue weighted by Gasteiger charge is 2.41. The zero-order chi connectivity index (χ0) is 15.2. The van der Waals surface area contributed by atoms with Gasteiger partial charge in [-0.1, -0.05) is 6.07 Å². The normalized spacial score (nSPS) is 15.2. The van der Waals surface area contributed by atoms with Gasteiger partial charge in [0, 0.05) is 11.6 Å². The SMILES string of the molecule is O=C(O)c1cnn(-c2cccc(C3CC3)n2)c1C(F)(F)F. The molecule has 3 rings (SSSR count). The van der Waals surface area contributed by atoms with Crippen LogP contribution in [-0.4, -0.2) is 25.8 Å². The van der Waals surface area contributed by atoms with E-state index in [4.69, 9.17) is 5.11 Å². The molecule has 2 aromatic heterocycles. The number of rotatable bonds is 3. The minimum Gasteiger partial charge on any atom is -0.478 e. The van der Waals surface area contributed by atoms with E-state index in [9.17, 15) is 18.0 Å². The summed E-state index contributed by atoms with van der Waals surface area (Å²) < 4.78 is 39.9. The summed E-state index contributed by atoms with van der Waals surface area (Å²) in [6.45, 7) is 0. The average molecular weight is 297 g/mol. The van der Waals surface area contributed by atoms with Gasteiger partial charge in [-0.25, -0.2) is 14.5 Å². The molecule has 21 heavy (non-hydrogen) atoms. The van der Waals surface area contributed by atoms with Crippen LogP contribution in [0.15, 0.2) is 24.4 Å². The molecule has 0 aliphatic heterocycles. The molecule has 1 fully saturated rings. The first kappa shape index (κ1) is 13.6. The van der Waals surface area contributed by atoms with Crippen molar-refractivity contribution >= 4 is 5.97 Å². The zero-order valence-corrected chi connectivity index (χ0v) is 10.6. The van der Waals surface area contributed by atoms with Gasteiger partial charge in [-0.3, -0.25) is 0 Å². The molecule has 0 bridgehead atoms. The zero-order valence-electron chi connectivity index (χ0n) is 10.6. The molecule has 0 spiro atoms. The van der Waals surface area contributed by atoms with Gasteiger partial charge in [0.15, 0.2) is 11.5 Å². The van der Waals surface area contributed by atoms with Crippen LogP contribution >= 0.6 is 0 Å². The van der Waals surface area contributed by atoms with Crippen molar-refractivity contribution in [2.24, 2.45) is 0 Å². The fourth-order valence-electron chi connectivity index (χ4n) is 2.12. The topological polar surface area (TPSA) is 68.0 Å². The average Bonchev–Trinajstić information content (AvgIpc) is 3.15. The Bertz CT molecular complexity index is 705. The third kappa shape index (κ3) is 2.48. The van der Waals surface area contributed by atoms with Gasteiger partial charge in [0.05, 0.1) is 6.20 Å². The Morgan fingerprint density at radius 2 is 2.05 bits per heavy atom. The molecule has 0 amide bonds. The number of carbonyl (C=O) groups is 1. The standard InChI is InChI=1S/C13H10F3N3O2/c14-13(15,16)11-8(12(20)21)6-17-19(11)10-3-1-2-9(18-10)7-4-5-7/h1-3,6-7H,4-5H2,(H,20,21). The van der Waals surface area contributed by atoms with E-state index in [1.165, 1.54) is 6.07 Å². The van der Waals surface area contributed by atoms with Crippen molar-refractivity contribution in [2.75, 3.05) is 0 Å². The summed E-state index contributed by atoms with van der Waals surface area (Å²) >= 11 is 0. The number of carboxylic acids is 1. The van der Waals surface area contributed by atoms with Gasteiger partial charge in [-0.05, 0) is 25.0 Å². The predicted molar refractivity (Wildman–Crippen MR) is 65.3 cm³/mol. The molecule has 0 unspecified atom stereocenters. The second kappa shape index (κ2) is 4.57. The van der Waals surface area contributed by atoms with Crippen LogP contribution in [0, 0.1) is 0 Å².